The summed E-state index contributed by atoms with van der Waals surface area (Å²) in [5, 5.41) is 1.23. The van der Waals surface area contributed by atoms with Crippen LogP contribution < -0.4 is 9.64 Å². The van der Waals surface area contributed by atoms with E-state index in [4.69, 9.17) is 32.9 Å². The van der Waals surface area contributed by atoms with E-state index in [9.17, 15) is 0 Å². The lowest BCUT2D eigenvalue weighted by atomic mass is 9.95. The summed E-state index contributed by atoms with van der Waals surface area (Å²) in [5.74, 6) is 1.50. The molecule has 4 aliphatic rings. The van der Waals surface area contributed by atoms with Gasteiger partial charge in [-0.15, -0.1) is 0 Å². The molecular weight excluding hydrogens is 512 g/mol. The first-order chi connectivity index (χ1) is 18.0. The van der Waals surface area contributed by atoms with Crippen molar-refractivity contribution in [2.45, 2.75) is 50.5 Å². The van der Waals surface area contributed by atoms with E-state index < -0.39 is 5.82 Å². The molecule has 0 spiro atoms. The fourth-order valence-electron chi connectivity index (χ4n) is 7.24. The Labute approximate surface area is 226 Å². The summed E-state index contributed by atoms with van der Waals surface area (Å²) in [5.41, 5.74) is 0.842. The number of piperidine rings is 1. The van der Waals surface area contributed by atoms with Gasteiger partial charge >= 0.3 is 6.01 Å². The molecule has 7 rings (SSSR count). The summed E-state index contributed by atoms with van der Waals surface area (Å²) in [6.45, 7) is 4.61. The average Bonchev–Trinajstić information content (AvgIpc) is 3.58. The predicted molar refractivity (Wildman–Crippen MR) is 144 cm³/mol. The summed E-state index contributed by atoms with van der Waals surface area (Å²) in [6.07, 6.45) is 10.1. The second-order valence-electron chi connectivity index (χ2n) is 11.3. The van der Waals surface area contributed by atoms with Crippen molar-refractivity contribution >= 4 is 39.9 Å². The van der Waals surface area contributed by atoms with Gasteiger partial charge in [0.05, 0.1) is 21.0 Å². The van der Waals surface area contributed by atoms with Gasteiger partial charge in [-0.1, -0.05) is 35.3 Å². The molecule has 3 aromatic rings. The first-order valence-corrected chi connectivity index (χ1v) is 14.2. The number of pyridine rings is 1. The summed E-state index contributed by atoms with van der Waals surface area (Å²) in [6, 6.07) is 5.38. The van der Waals surface area contributed by atoms with Gasteiger partial charge in [0, 0.05) is 24.8 Å². The lowest BCUT2D eigenvalue weighted by Crippen LogP contribution is -2.43. The predicted octanol–water partition coefficient (Wildman–Crippen LogP) is 6.38. The van der Waals surface area contributed by atoms with Crippen LogP contribution in [0.15, 0.2) is 24.4 Å². The van der Waals surface area contributed by atoms with Crippen molar-refractivity contribution in [3.8, 4) is 17.3 Å². The van der Waals surface area contributed by atoms with Crippen molar-refractivity contribution in [3.63, 3.8) is 0 Å². The fraction of sp³-hybridized carbons (Fsp3) is 0.536. The molecule has 1 aliphatic carbocycles. The third-order valence-corrected chi connectivity index (χ3v) is 9.86. The van der Waals surface area contributed by atoms with Gasteiger partial charge in [0.1, 0.15) is 23.6 Å². The average molecular weight is 542 g/mol. The van der Waals surface area contributed by atoms with Crippen molar-refractivity contribution in [3.05, 3.63) is 40.3 Å². The number of aromatic nitrogens is 3. The maximum absolute atomic E-state index is 16.2. The van der Waals surface area contributed by atoms with Crippen LogP contribution in [-0.2, 0) is 0 Å². The normalized spacial score (nSPS) is 24.7. The molecule has 2 unspecified atom stereocenters. The largest absolute Gasteiger partial charge is 0.461 e. The van der Waals surface area contributed by atoms with E-state index in [-0.39, 0.29) is 27.8 Å². The smallest absolute Gasteiger partial charge is 0.319 e. The van der Waals surface area contributed by atoms with Gasteiger partial charge in [-0.3, -0.25) is 9.88 Å². The first kappa shape index (κ1) is 23.9. The number of halogens is 3. The Hall–Kier alpha value is -2.22. The number of ether oxygens (including phenoxy) is 1. The Balaban J connectivity index is 1.32. The second kappa shape index (κ2) is 9.21. The molecule has 3 aliphatic heterocycles. The Kier molecular flexibility index (Phi) is 5.94. The van der Waals surface area contributed by atoms with E-state index in [1.54, 1.807) is 24.4 Å². The molecule has 4 fully saturated rings. The molecular formula is C28H30Cl2FN5O. The lowest BCUT2D eigenvalue weighted by Gasteiger charge is -2.34. The molecule has 0 amide bonds. The van der Waals surface area contributed by atoms with Gasteiger partial charge in [0.25, 0.3) is 0 Å². The van der Waals surface area contributed by atoms with Crippen molar-refractivity contribution in [1.82, 2.24) is 19.9 Å². The molecule has 2 bridgehead atoms. The van der Waals surface area contributed by atoms with E-state index in [0.717, 1.165) is 44.8 Å². The zero-order valence-corrected chi connectivity index (χ0v) is 22.2. The minimum Gasteiger partial charge on any atom is -0.461 e. The molecule has 5 heterocycles. The number of rotatable bonds is 5. The first-order valence-electron chi connectivity index (χ1n) is 13.4. The molecule has 194 valence electrons. The Morgan fingerprint density at radius 2 is 1.81 bits per heavy atom. The van der Waals surface area contributed by atoms with Crippen LogP contribution in [0.25, 0.3) is 22.2 Å². The highest BCUT2D eigenvalue weighted by atomic mass is 35.5. The van der Waals surface area contributed by atoms with Crippen LogP contribution in [0.1, 0.15) is 44.9 Å². The monoisotopic (exact) mass is 541 g/mol. The quantitative estimate of drug-likeness (QED) is 0.373. The zero-order chi connectivity index (χ0) is 25.1. The summed E-state index contributed by atoms with van der Waals surface area (Å²) in [4.78, 5) is 18.8. The molecule has 2 aromatic heterocycles. The number of hydrogen-bond acceptors (Lipinski definition) is 6. The van der Waals surface area contributed by atoms with Crippen LogP contribution in [0.4, 0.5) is 10.2 Å². The van der Waals surface area contributed by atoms with Crippen LogP contribution in [0.3, 0.4) is 0 Å². The van der Waals surface area contributed by atoms with E-state index in [0.29, 0.717) is 34.4 Å². The molecule has 0 radical (unpaired) electrons. The number of fused-ring (bicyclic) bond motifs is 4. The third-order valence-electron chi connectivity index (χ3n) is 9.04. The Morgan fingerprint density at radius 3 is 2.57 bits per heavy atom. The molecule has 1 aromatic carbocycles. The van der Waals surface area contributed by atoms with Crippen LogP contribution in [0.5, 0.6) is 6.01 Å². The Bertz CT molecular complexity index is 1350. The minimum atomic E-state index is -0.531. The molecule has 2 atom stereocenters. The molecule has 3 saturated heterocycles. The lowest BCUT2D eigenvalue weighted by molar-refractivity contribution is 0.108. The van der Waals surface area contributed by atoms with Crippen LogP contribution in [0, 0.1) is 17.7 Å². The minimum absolute atomic E-state index is 0.0545. The molecule has 1 saturated carbocycles. The van der Waals surface area contributed by atoms with E-state index in [1.165, 1.54) is 32.1 Å². The summed E-state index contributed by atoms with van der Waals surface area (Å²) < 4.78 is 22.5. The van der Waals surface area contributed by atoms with Crippen molar-refractivity contribution < 1.29 is 9.13 Å². The third kappa shape index (κ3) is 4.05. The number of anilines is 1. The van der Waals surface area contributed by atoms with Crippen molar-refractivity contribution in [1.29, 1.82) is 0 Å². The van der Waals surface area contributed by atoms with Crippen molar-refractivity contribution in [2.24, 2.45) is 11.8 Å². The highest BCUT2D eigenvalue weighted by molar-refractivity contribution is 6.43. The topological polar surface area (TPSA) is 54.4 Å². The van der Waals surface area contributed by atoms with Crippen LogP contribution in [0.2, 0.25) is 10.0 Å². The number of hydrogen-bond donors (Lipinski definition) is 0. The molecule has 9 heteroatoms. The second-order valence-corrected chi connectivity index (χ2v) is 12.1. The van der Waals surface area contributed by atoms with Gasteiger partial charge in [-0.05, 0) is 75.9 Å². The van der Waals surface area contributed by atoms with E-state index in [1.807, 2.05) is 0 Å². The standard InChI is InChI=1S/C28H30Cl2FN5O/c29-21-5-1-4-19(22(21)30)24-23(31)25-20(13-32-24)26(35-14-17-6-7-18(12-17)15-35)34-27(33-25)37-16-28-8-2-10-36(28)11-3-9-28/h1,4-5,13,17-18H,2-3,6-12,14-16H2. The molecule has 0 N–H and O–H groups in total. The van der Waals surface area contributed by atoms with Crippen molar-refractivity contribution in [2.75, 3.05) is 37.7 Å². The maximum atomic E-state index is 16.2. The van der Waals surface area contributed by atoms with E-state index in [2.05, 4.69) is 19.8 Å². The summed E-state index contributed by atoms with van der Waals surface area (Å²) in [7, 11) is 0. The number of nitrogens with zero attached hydrogens (tertiary/aromatic N) is 5. The van der Waals surface area contributed by atoms with Gasteiger partial charge in [0.2, 0.25) is 0 Å². The fourth-order valence-corrected chi connectivity index (χ4v) is 7.63. The highest BCUT2D eigenvalue weighted by Gasteiger charge is 2.45. The number of benzene rings is 1. The summed E-state index contributed by atoms with van der Waals surface area (Å²) >= 11 is 12.7. The van der Waals surface area contributed by atoms with Crippen LogP contribution in [-0.4, -0.2) is 58.2 Å². The SMILES string of the molecule is Fc1c(-c2cccc(Cl)c2Cl)ncc2c(N3CC4CCC(C4)C3)nc(OCC34CCCN3CCC4)nc12. The van der Waals surface area contributed by atoms with Gasteiger partial charge in [-0.2, -0.15) is 9.97 Å². The van der Waals surface area contributed by atoms with Gasteiger partial charge in [-0.25, -0.2) is 4.39 Å². The van der Waals surface area contributed by atoms with E-state index >= 15 is 4.39 Å². The zero-order valence-electron chi connectivity index (χ0n) is 20.7. The van der Waals surface area contributed by atoms with Gasteiger partial charge in [0.15, 0.2) is 5.82 Å². The van der Waals surface area contributed by atoms with Gasteiger partial charge < -0.3 is 9.64 Å². The highest BCUT2D eigenvalue weighted by Crippen LogP contribution is 2.42. The Morgan fingerprint density at radius 1 is 1.05 bits per heavy atom. The van der Waals surface area contributed by atoms with Crippen LogP contribution >= 0.6 is 23.2 Å². The molecule has 6 nitrogen and oxygen atoms in total. The maximum Gasteiger partial charge on any atom is 0.319 e. The molecule has 37 heavy (non-hydrogen) atoms.